The minimum Gasteiger partial charge on any atom is -0.354 e. The molecule has 0 fully saturated rings. The first-order chi connectivity index (χ1) is 30.2. The summed E-state index contributed by atoms with van der Waals surface area (Å²) >= 11 is 0. The Labute approximate surface area is 354 Å². The molecule has 286 valence electrons. The third-order valence-electron chi connectivity index (χ3n) is 11.5. The average molecular weight is 779 g/mol. The molecule has 2 aliphatic heterocycles. The smallest absolute Gasteiger partial charge is 0.0737 e. The van der Waals surface area contributed by atoms with Crippen molar-refractivity contribution in [3.05, 3.63) is 221 Å². The van der Waals surface area contributed by atoms with Gasteiger partial charge >= 0.3 is 0 Å². The summed E-state index contributed by atoms with van der Waals surface area (Å²) in [6.45, 7) is 0. The molecular formula is C57H38N4. The van der Waals surface area contributed by atoms with Gasteiger partial charge in [0.2, 0.25) is 0 Å². The average Bonchev–Trinajstić information content (AvgIpc) is 4.18. The number of hydrogen-bond acceptors (Lipinski definition) is 2. The maximum Gasteiger partial charge on any atom is 0.0737 e. The van der Waals surface area contributed by atoms with Gasteiger partial charge in [-0.05, 0) is 94.4 Å². The lowest BCUT2D eigenvalue weighted by molar-refractivity contribution is 1.31. The molecule has 5 heterocycles. The normalized spacial score (nSPS) is 12.6. The molecule has 0 unspecified atom stereocenters. The van der Waals surface area contributed by atoms with E-state index in [1.165, 1.54) is 11.1 Å². The second-order valence-electron chi connectivity index (χ2n) is 15.3. The first-order valence-electron chi connectivity index (χ1n) is 20.6. The molecule has 3 aromatic heterocycles. The van der Waals surface area contributed by atoms with Crippen LogP contribution in [-0.2, 0) is 0 Å². The monoisotopic (exact) mass is 778 g/mol. The summed E-state index contributed by atoms with van der Waals surface area (Å²) in [5.74, 6) is 7.22. The molecule has 1 aliphatic carbocycles. The first-order valence-corrected chi connectivity index (χ1v) is 20.6. The minimum atomic E-state index is 0.846. The van der Waals surface area contributed by atoms with E-state index in [0.29, 0.717) is 0 Å². The Morgan fingerprint density at radius 2 is 0.885 bits per heavy atom. The lowest BCUT2D eigenvalue weighted by Crippen LogP contribution is -1.90. The van der Waals surface area contributed by atoms with Gasteiger partial charge in [0, 0.05) is 44.4 Å². The number of nitrogens with zero attached hydrogens (tertiary/aromatic N) is 2. The van der Waals surface area contributed by atoms with Gasteiger partial charge in [0.1, 0.15) is 0 Å². The second-order valence-corrected chi connectivity index (χ2v) is 15.3. The number of H-pyrrole nitrogens is 2. The Morgan fingerprint density at radius 1 is 0.410 bits per heavy atom. The van der Waals surface area contributed by atoms with Gasteiger partial charge in [-0.3, -0.25) is 0 Å². The summed E-state index contributed by atoms with van der Waals surface area (Å²) in [5.41, 5.74) is 19.7. The highest BCUT2D eigenvalue weighted by Gasteiger charge is 2.20. The summed E-state index contributed by atoms with van der Waals surface area (Å²) in [7, 11) is 0. The molecule has 5 aromatic carbocycles. The van der Waals surface area contributed by atoms with E-state index in [-0.39, 0.29) is 0 Å². The first kappa shape index (κ1) is 35.9. The summed E-state index contributed by atoms with van der Waals surface area (Å²) in [6.07, 6.45) is 16.0. The predicted molar refractivity (Wildman–Crippen MR) is 255 cm³/mol. The van der Waals surface area contributed by atoms with Gasteiger partial charge in [-0.2, -0.15) is 0 Å². The van der Waals surface area contributed by atoms with Gasteiger partial charge in [-0.15, -0.1) is 0 Å². The molecule has 4 nitrogen and oxygen atoms in total. The van der Waals surface area contributed by atoms with Gasteiger partial charge in [-0.1, -0.05) is 164 Å². The number of rotatable bonds is 5. The lowest BCUT2D eigenvalue weighted by atomic mass is 10.0. The number of hydrogen-bond donors (Lipinski definition) is 2. The Bertz CT molecular complexity index is 3350. The summed E-state index contributed by atoms with van der Waals surface area (Å²) < 4.78 is 0. The van der Waals surface area contributed by atoms with E-state index >= 15 is 0 Å². The van der Waals surface area contributed by atoms with Gasteiger partial charge in [0.25, 0.3) is 0 Å². The fourth-order valence-corrected chi connectivity index (χ4v) is 8.61. The molecule has 0 atom stereocenters. The van der Waals surface area contributed by atoms with Crippen LogP contribution in [0.2, 0.25) is 0 Å². The number of aromatic amines is 2. The van der Waals surface area contributed by atoms with Crippen molar-refractivity contribution < 1.29 is 0 Å². The van der Waals surface area contributed by atoms with Crippen LogP contribution in [0.15, 0.2) is 182 Å². The van der Waals surface area contributed by atoms with E-state index in [0.717, 1.165) is 107 Å². The van der Waals surface area contributed by atoms with Crippen molar-refractivity contribution in [3.63, 3.8) is 0 Å². The van der Waals surface area contributed by atoms with Crippen LogP contribution in [0.4, 0.5) is 0 Å². The van der Waals surface area contributed by atoms with Crippen LogP contribution in [0.25, 0.3) is 96.5 Å². The van der Waals surface area contributed by atoms with E-state index in [1.807, 2.05) is 0 Å². The van der Waals surface area contributed by atoms with Crippen molar-refractivity contribution in [1.82, 2.24) is 19.9 Å². The van der Waals surface area contributed by atoms with Crippen LogP contribution in [-0.4, -0.2) is 19.9 Å². The van der Waals surface area contributed by atoms with Crippen molar-refractivity contribution in [1.29, 1.82) is 0 Å². The summed E-state index contributed by atoms with van der Waals surface area (Å²) in [4.78, 5) is 18.8. The van der Waals surface area contributed by atoms with E-state index in [2.05, 4.69) is 228 Å². The van der Waals surface area contributed by atoms with Crippen LogP contribution in [0.3, 0.4) is 0 Å². The van der Waals surface area contributed by atoms with E-state index in [9.17, 15) is 0 Å². The standard InChI is InChI=1S/C57H38N4/c1-5-19-40(20-6-1)53-46-30-31-47(58-46)54(41-21-7-2-8-22-41)49-34-35-51(60-49)56(43-25-11-4-12-26-43)57-45(29-28-38-16-15-27-44(36-38)39-17-13-14-18-39)37-52(61-57)55(42-23-9-3-10-24-42)50-33-32-48(53)59-50/h1-17,19-27,30-37,58,61H,18H2. The van der Waals surface area contributed by atoms with Gasteiger partial charge in [-0.25, -0.2) is 9.97 Å². The molecule has 0 saturated carbocycles. The summed E-state index contributed by atoms with van der Waals surface area (Å²) in [6, 6.07) is 57.1. The Balaban J connectivity index is 1.30. The van der Waals surface area contributed by atoms with Crippen LogP contribution in [0, 0.1) is 11.8 Å². The fraction of sp³-hybridized carbons (Fsp3) is 0.0175. The molecular weight excluding hydrogens is 741 g/mol. The molecule has 4 heteroatoms. The van der Waals surface area contributed by atoms with Crippen molar-refractivity contribution >= 4 is 51.9 Å². The molecule has 3 aliphatic rings. The van der Waals surface area contributed by atoms with Gasteiger partial charge in [0.05, 0.1) is 33.9 Å². The van der Waals surface area contributed by atoms with Crippen molar-refractivity contribution in [2.45, 2.75) is 6.42 Å². The Morgan fingerprint density at radius 3 is 1.39 bits per heavy atom. The minimum absolute atomic E-state index is 0.846. The Kier molecular flexibility index (Phi) is 9.11. The topological polar surface area (TPSA) is 57.4 Å². The molecule has 0 amide bonds. The van der Waals surface area contributed by atoms with Crippen molar-refractivity contribution in [3.8, 4) is 56.3 Å². The molecule has 8 bridgehead atoms. The molecule has 61 heavy (non-hydrogen) atoms. The number of nitrogens with one attached hydrogen (secondary N) is 2. The molecule has 0 saturated heterocycles. The number of benzene rings is 5. The molecule has 8 aromatic rings. The maximum atomic E-state index is 5.50. The van der Waals surface area contributed by atoms with Crippen molar-refractivity contribution in [2.75, 3.05) is 0 Å². The highest BCUT2D eigenvalue weighted by molar-refractivity contribution is 6.01. The highest BCUT2D eigenvalue weighted by Crippen LogP contribution is 2.39. The van der Waals surface area contributed by atoms with E-state index in [4.69, 9.17) is 9.97 Å². The van der Waals surface area contributed by atoms with Gasteiger partial charge in [0.15, 0.2) is 0 Å². The van der Waals surface area contributed by atoms with E-state index in [1.54, 1.807) is 0 Å². The SMILES string of the molecule is C(#Cc1cc2[nH]c1c(-c1ccccc1)c1nc(c(-c3ccccc3)c3ccc([nH]3)c(-c3ccccc3)c3nc(c2-c2ccccc2)C=C3)C=C1)c1cccc(C2=CC=CC2)c1. The molecule has 0 radical (unpaired) electrons. The number of allylic oxidation sites excluding steroid dienone is 4. The highest BCUT2D eigenvalue weighted by atomic mass is 14.8. The summed E-state index contributed by atoms with van der Waals surface area (Å²) in [5, 5.41) is 0. The van der Waals surface area contributed by atoms with Crippen molar-refractivity contribution in [2.24, 2.45) is 0 Å². The zero-order chi connectivity index (χ0) is 40.5. The molecule has 2 N–H and O–H groups in total. The maximum absolute atomic E-state index is 5.50. The number of aromatic nitrogens is 4. The fourth-order valence-electron chi connectivity index (χ4n) is 8.61. The van der Waals surface area contributed by atoms with Crippen LogP contribution >= 0.6 is 0 Å². The largest absolute Gasteiger partial charge is 0.354 e. The third-order valence-corrected chi connectivity index (χ3v) is 11.5. The Hall–Kier alpha value is -8.26. The van der Waals surface area contributed by atoms with Crippen LogP contribution < -0.4 is 0 Å². The molecule has 11 rings (SSSR count). The third kappa shape index (κ3) is 6.85. The predicted octanol–water partition coefficient (Wildman–Crippen LogP) is 14.1. The van der Waals surface area contributed by atoms with Crippen LogP contribution in [0.5, 0.6) is 0 Å². The number of fused-ring (bicyclic) bond motifs is 8. The zero-order valence-corrected chi connectivity index (χ0v) is 33.2. The van der Waals surface area contributed by atoms with Gasteiger partial charge < -0.3 is 9.97 Å². The second kappa shape index (κ2) is 15.5. The van der Waals surface area contributed by atoms with Crippen LogP contribution in [0.1, 0.15) is 45.9 Å². The zero-order valence-electron chi connectivity index (χ0n) is 33.2. The molecule has 0 spiro atoms. The quantitative estimate of drug-likeness (QED) is 0.171. The lowest BCUT2D eigenvalue weighted by Gasteiger charge is -2.07. The van der Waals surface area contributed by atoms with E-state index < -0.39 is 0 Å².